The van der Waals surface area contributed by atoms with Gasteiger partial charge in [0.05, 0.1) is 6.20 Å². The van der Waals surface area contributed by atoms with Gasteiger partial charge in [0.25, 0.3) is 0 Å². The first kappa shape index (κ1) is 9.72. The van der Waals surface area contributed by atoms with Gasteiger partial charge >= 0.3 is 0 Å². The van der Waals surface area contributed by atoms with Crippen LogP contribution >= 0.6 is 0 Å². The molecule has 0 aromatic carbocycles. The van der Waals surface area contributed by atoms with Crippen molar-refractivity contribution >= 4 is 5.52 Å². The highest BCUT2D eigenvalue weighted by Crippen LogP contribution is 2.18. The Labute approximate surface area is 89.2 Å². The van der Waals surface area contributed by atoms with E-state index in [2.05, 4.69) is 24.5 Å². The van der Waals surface area contributed by atoms with Gasteiger partial charge in [0, 0.05) is 5.92 Å². The molecule has 0 fully saturated rings. The molecule has 0 spiro atoms. The summed E-state index contributed by atoms with van der Waals surface area (Å²) in [5.41, 5.74) is 3.05. The SMILES string of the molecule is CC(C)c1c2ccc(C#N)n2cc[n+]1C. The van der Waals surface area contributed by atoms with Gasteiger partial charge in [0.1, 0.15) is 24.3 Å². The van der Waals surface area contributed by atoms with Crippen molar-refractivity contribution in [2.24, 2.45) is 7.05 Å². The molecular weight excluding hydrogens is 186 g/mol. The van der Waals surface area contributed by atoms with E-state index in [-0.39, 0.29) is 0 Å². The predicted octanol–water partition coefficient (Wildman–Crippen LogP) is 1.76. The largest absolute Gasteiger partial charge is 0.297 e. The van der Waals surface area contributed by atoms with Crippen molar-refractivity contribution in [2.45, 2.75) is 19.8 Å². The van der Waals surface area contributed by atoms with Crippen LogP contribution in [-0.2, 0) is 7.05 Å². The molecule has 0 aliphatic heterocycles. The van der Waals surface area contributed by atoms with Gasteiger partial charge in [-0.15, -0.1) is 0 Å². The van der Waals surface area contributed by atoms with E-state index in [1.165, 1.54) is 5.69 Å². The first-order chi connectivity index (χ1) is 7.15. The third-order valence-electron chi connectivity index (χ3n) is 2.66. The van der Waals surface area contributed by atoms with Gasteiger partial charge in [-0.1, -0.05) is 13.8 Å². The third-order valence-corrected chi connectivity index (χ3v) is 2.66. The fourth-order valence-corrected chi connectivity index (χ4v) is 2.04. The van der Waals surface area contributed by atoms with Crippen molar-refractivity contribution in [3.05, 3.63) is 35.9 Å². The van der Waals surface area contributed by atoms with Crippen LogP contribution < -0.4 is 4.57 Å². The highest BCUT2D eigenvalue weighted by Gasteiger charge is 2.17. The molecule has 2 aromatic rings. The number of aromatic nitrogens is 2. The smallest absolute Gasteiger partial charge is 0.207 e. The molecule has 0 bridgehead atoms. The average Bonchev–Trinajstić information content (AvgIpc) is 2.59. The molecular formula is C12H14N3+. The second kappa shape index (κ2) is 3.39. The summed E-state index contributed by atoms with van der Waals surface area (Å²) in [4.78, 5) is 0. The molecule has 2 aromatic heterocycles. The Kier molecular flexibility index (Phi) is 2.20. The second-order valence-corrected chi connectivity index (χ2v) is 4.03. The summed E-state index contributed by atoms with van der Waals surface area (Å²) in [5, 5.41) is 8.95. The van der Waals surface area contributed by atoms with Crippen molar-refractivity contribution in [3.8, 4) is 6.07 Å². The van der Waals surface area contributed by atoms with Crippen LogP contribution in [-0.4, -0.2) is 4.40 Å². The Morgan fingerprint density at radius 3 is 2.73 bits per heavy atom. The summed E-state index contributed by atoms with van der Waals surface area (Å²) in [6.45, 7) is 4.32. The minimum Gasteiger partial charge on any atom is -0.297 e. The molecule has 0 N–H and O–H groups in total. The lowest BCUT2D eigenvalue weighted by Gasteiger charge is -2.05. The van der Waals surface area contributed by atoms with Gasteiger partial charge in [-0.3, -0.25) is 4.40 Å². The first-order valence-electron chi connectivity index (χ1n) is 5.05. The van der Waals surface area contributed by atoms with Gasteiger partial charge < -0.3 is 0 Å². The molecule has 0 radical (unpaired) electrons. The molecule has 0 atom stereocenters. The highest BCUT2D eigenvalue weighted by molar-refractivity contribution is 5.55. The van der Waals surface area contributed by atoms with Gasteiger partial charge in [-0.2, -0.15) is 5.26 Å². The Hall–Kier alpha value is -1.82. The quantitative estimate of drug-likeness (QED) is 0.645. The lowest BCUT2D eigenvalue weighted by atomic mass is 10.1. The van der Waals surface area contributed by atoms with Gasteiger partial charge in [-0.25, -0.2) is 4.57 Å². The molecule has 3 nitrogen and oxygen atoms in total. The lowest BCUT2D eigenvalue weighted by molar-refractivity contribution is -0.679. The predicted molar refractivity (Wildman–Crippen MR) is 57.4 cm³/mol. The number of aryl methyl sites for hydroxylation is 1. The van der Waals surface area contributed by atoms with E-state index >= 15 is 0 Å². The fourth-order valence-electron chi connectivity index (χ4n) is 2.04. The summed E-state index contributed by atoms with van der Waals surface area (Å²) >= 11 is 0. The fraction of sp³-hybridized carbons (Fsp3) is 0.333. The molecule has 2 rings (SSSR count). The van der Waals surface area contributed by atoms with Crippen molar-refractivity contribution < 1.29 is 4.57 Å². The summed E-state index contributed by atoms with van der Waals surface area (Å²) in [5.74, 6) is 0.445. The topological polar surface area (TPSA) is 32.1 Å². The maximum absolute atomic E-state index is 8.95. The Balaban J connectivity index is 2.84. The number of nitrogens with zero attached hydrogens (tertiary/aromatic N) is 3. The average molecular weight is 200 g/mol. The van der Waals surface area contributed by atoms with E-state index in [1.807, 2.05) is 36.0 Å². The molecule has 0 aliphatic carbocycles. The maximum Gasteiger partial charge on any atom is 0.207 e. The van der Waals surface area contributed by atoms with Crippen LogP contribution in [0.1, 0.15) is 31.2 Å². The van der Waals surface area contributed by atoms with Crippen LogP contribution in [0.2, 0.25) is 0 Å². The highest BCUT2D eigenvalue weighted by atomic mass is 15.0. The summed E-state index contributed by atoms with van der Waals surface area (Å²) in [6, 6.07) is 6.06. The minimum atomic E-state index is 0.445. The number of fused-ring (bicyclic) bond motifs is 1. The molecule has 0 aliphatic rings. The summed E-state index contributed by atoms with van der Waals surface area (Å²) in [7, 11) is 2.04. The van der Waals surface area contributed by atoms with Crippen LogP contribution in [0.4, 0.5) is 0 Å². The Morgan fingerprint density at radius 2 is 2.13 bits per heavy atom. The van der Waals surface area contributed by atoms with E-state index in [0.717, 1.165) is 5.52 Å². The van der Waals surface area contributed by atoms with Crippen molar-refractivity contribution in [1.82, 2.24) is 4.40 Å². The van der Waals surface area contributed by atoms with Crippen LogP contribution in [0.3, 0.4) is 0 Å². The summed E-state index contributed by atoms with van der Waals surface area (Å²) in [6.07, 6.45) is 3.92. The standard InChI is InChI=1S/C12H14N3/c1-9(2)12-11-5-4-10(8-13)15(11)7-6-14(12)3/h4-7,9H,1-3H3/q+1. The molecule has 0 saturated heterocycles. The van der Waals surface area contributed by atoms with Crippen molar-refractivity contribution in [3.63, 3.8) is 0 Å². The summed E-state index contributed by atoms with van der Waals surface area (Å²) < 4.78 is 4.05. The molecule has 0 unspecified atom stereocenters. The maximum atomic E-state index is 8.95. The minimum absolute atomic E-state index is 0.445. The number of nitriles is 1. The molecule has 2 heterocycles. The van der Waals surface area contributed by atoms with Crippen molar-refractivity contribution in [1.29, 1.82) is 5.26 Å². The molecule has 15 heavy (non-hydrogen) atoms. The number of hydrogen-bond donors (Lipinski definition) is 0. The van der Waals surface area contributed by atoms with Crippen LogP contribution in [0.5, 0.6) is 0 Å². The second-order valence-electron chi connectivity index (χ2n) is 4.03. The molecule has 3 heteroatoms. The zero-order chi connectivity index (χ0) is 11.0. The van der Waals surface area contributed by atoms with E-state index < -0.39 is 0 Å². The first-order valence-corrected chi connectivity index (χ1v) is 5.05. The van der Waals surface area contributed by atoms with E-state index in [1.54, 1.807) is 0 Å². The van der Waals surface area contributed by atoms with Crippen LogP contribution in [0.25, 0.3) is 5.52 Å². The normalized spacial score (nSPS) is 10.9. The van der Waals surface area contributed by atoms with Gasteiger partial charge in [0.15, 0.2) is 6.20 Å². The number of rotatable bonds is 1. The lowest BCUT2D eigenvalue weighted by Crippen LogP contribution is -2.34. The molecule has 0 amide bonds. The van der Waals surface area contributed by atoms with Crippen LogP contribution in [0, 0.1) is 11.3 Å². The number of hydrogen-bond acceptors (Lipinski definition) is 1. The van der Waals surface area contributed by atoms with Gasteiger partial charge in [0.2, 0.25) is 5.69 Å². The zero-order valence-corrected chi connectivity index (χ0v) is 9.23. The Bertz CT molecular complexity index is 544. The van der Waals surface area contributed by atoms with Crippen molar-refractivity contribution in [2.75, 3.05) is 0 Å². The molecule has 0 saturated carbocycles. The third kappa shape index (κ3) is 1.39. The monoisotopic (exact) mass is 200 g/mol. The Morgan fingerprint density at radius 1 is 1.40 bits per heavy atom. The van der Waals surface area contributed by atoms with E-state index in [9.17, 15) is 0 Å². The van der Waals surface area contributed by atoms with E-state index in [4.69, 9.17) is 5.26 Å². The van der Waals surface area contributed by atoms with Gasteiger partial charge in [-0.05, 0) is 12.1 Å². The van der Waals surface area contributed by atoms with Crippen LogP contribution in [0.15, 0.2) is 24.5 Å². The zero-order valence-electron chi connectivity index (χ0n) is 9.23. The van der Waals surface area contributed by atoms with E-state index in [0.29, 0.717) is 11.6 Å². The molecule has 76 valence electrons.